The Morgan fingerprint density at radius 1 is 1.00 bits per heavy atom. The van der Waals surface area contributed by atoms with E-state index < -0.39 is 0 Å². The molecule has 88 valence electrons. The van der Waals surface area contributed by atoms with Gasteiger partial charge < -0.3 is 9.47 Å². The molecule has 0 spiro atoms. The number of benzene rings is 2. The summed E-state index contributed by atoms with van der Waals surface area (Å²) in [5.41, 5.74) is 2.20. The Labute approximate surface area is 102 Å². The zero-order valence-electron chi connectivity index (χ0n) is 10.1. The number of hydrogen-bond acceptors (Lipinski definition) is 2. The highest BCUT2D eigenvalue weighted by molar-refractivity contribution is 5.71. The van der Waals surface area contributed by atoms with Crippen molar-refractivity contribution in [2.45, 2.75) is 6.92 Å². The molecule has 2 aromatic carbocycles. The van der Waals surface area contributed by atoms with Crippen LogP contribution in [0.1, 0.15) is 6.92 Å². The van der Waals surface area contributed by atoms with Crippen LogP contribution in [0.4, 0.5) is 0 Å². The maximum atomic E-state index is 5.62. The van der Waals surface area contributed by atoms with Crippen molar-refractivity contribution in [1.29, 1.82) is 0 Å². The molecule has 2 aromatic rings. The van der Waals surface area contributed by atoms with Gasteiger partial charge in [-0.25, -0.2) is 0 Å². The number of methoxy groups -OCH3 is 1. The fourth-order valence-corrected chi connectivity index (χ4v) is 1.78. The van der Waals surface area contributed by atoms with Gasteiger partial charge in [0.25, 0.3) is 0 Å². The average molecular weight is 228 g/mol. The van der Waals surface area contributed by atoms with Crippen molar-refractivity contribution in [2.24, 2.45) is 0 Å². The van der Waals surface area contributed by atoms with E-state index in [1.807, 2.05) is 43.3 Å². The zero-order valence-corrected chi connectivity index (χ0v) is 10.1. The number of rotatable bonds is 4. The molecule has 0 radical (unpaired) electrons. The van der Waals surface area contributed by atoms with Gasteiger partial charge in [-0.15, -0.1) is 0 Å². The molecule has 0 aliphatic rings. The molecule has 0 atom stereocenters. The summed E-state index contributed by atoms with van der Waals surface area (Å²) in [4.78, 5) is 0. The average Bonchev–Trinajstić information content (AvgIpc) is 2.40. The molecule has 17 heavy (non-hydrogen) atoms. The van der Waals surface area contributed by atoms with Crippen LogP contribution in [-0.2, 0) is 0 Å². The first-order chi connectivity index (χ1) is 8.35. The van der Waals surface area contributed by atoms with Gasteiger partial charge in [-0.3, -0.25) is 0 Å². The first-order valence-electron chi connectivity index (χ1n) is 5.71. The second kappa shape index (κ2) is 5.39. The normalized spacial score (nSPS) is 10.0. The summed E-state index contributed by atoms with van der Waals surface area (Å²) >= 11 is 0. The summed E-state index contributed by atoms with van der Waals surface area (Å²) in [7, 11) is 1.67. The van der Waals surface area contributed by atoms with Gasteiger partial charge in [0.15, 0.2) is 0 Å². The van der Waals surface area contributed by atoms with Gasteiger partial charge in [0, 0.05) is 5.56 Å². The Balaban J connectivity index is 2.44. The first kappa shape index (κ1) is 11.5. The Morgan fingerprint density at radius 2 is 1.82 bits per heavy atom. The Morgan fingerprint density at radius 3 is 2.59 bits per heavy atom. The van der Waals surface area contributed by atoms with Crippen molar-refractivity contribution in [3.05, 3.63) is 48.5 Å². The molecule has 2 rings (SSSR count). The molecule has 0 unspecified atom stereocenters. The van der Waals surface area contributed by atoms with Crippen molar-refractivity contribution in [3.8, 4) is 22.6 Å². The van der Waals surface area contributed by atoms with Crippen LogP contribution < -0.4 is 9.47 Å². The highest BCUT2D eigenvalue weighted by Gasteiger charge is 2.05. The standard InChI is InChI=1S/C15H16O2/c1-3-17-15-10-5-4-9-14(15)12-7-6-8-13(11-12)16-2/h4-11H,3H2,1-2H3. The van der Waals surface area contributed by atoms with Crippen LogP contribution in [0.5, 0.6) is 11.5 Å². The first-order valence-corrected chi connectivity index (χ1v) is 5.71. The summed E-state index contributed by atoms with van der Waals surface area (Å²) in [6, 6.07) is 16.0. The van der Waals surface area contributed by atoms with Gasteiger partial charge >= 0.3 is 0 Å². The molecule has 0 amide bonds. The molecule has 0 aromatic heterocycles. The van der Waals surface area contributed by atoms with Gasteiger partial charge in [-0.1, -0.05) is 30.3 Å². The minimum absolute atomic E-state index is 0.668. The fourth-order valence-electron chi connectivity index (χ4n) is 1.78. The van der Waals surface area contributed by atoms with E-state index in [4.69, 9.17) is 9.47 Å². The van der Waals surface area contributed by atoms with E-state index in [0.29, 0.717) is 6.61 Å². The number of hydrogen-bond donors (Lipinski definition) is 0. The van der Waals surface area contributed by atoms with Gasteiger partial charge in [0.1, 0.15) is 11.5 Å². The summed E-state index contributed by atoms with van der Waals surface area (Å²) in [5, 5.41) is 0. The van der Waals surface area contributed by atoms with Gasteiger partial charge in [-0.2, -0.15) is 0 Å². The molecular weight excluding hydrogens is 212 g/mol. The fraction of sp³-hybridized carbons (Fsp3) is 0.200. The summed E-state index contributed by atoms with van der Waals surface area (Å²) in [6.07, 6.45) is 0. The lowest BCUT2D eigenvalue weighted by atomic mass is 10.0. The van der Waals surface area contributed by atoms with Crippen molar-refractivity contribution >= 4 is 0 Å². The Kier molecular flexibility index (Phi) is 3.66. The number of para-hydroxylation sites is 1. The smallest absolute Gasteiger partial charge is 0.127 e. The lowest BCUT2D eigenvalue weighted by molar-refractivity contribution is 0.341. The number of ether oxygens (including phenoxy) is 2. The van der Waals surface area contributed by atoms with Crippen LogP contribution in [0.3, 0.4) is 0 Å². The largest absolute Gasteiger partial charge is 0.497 e. The van der Waals surface area contributed by atoms with Crippen LogP contribution in [0.2, 0.25) is 0 Å². The van der Waals surface area contributed by atoms with E-state index in [2.05, 4.69) is 12.1 Å². The predicted octanol–water partition coefficient (Wildman–Crippen LogP) is 3.76. The minimum Gasteiger partial charge on any atom is -0.497 e. The summed E-state index contributed by atoms with van der Waals surface area (Å²) in [6.45, 7) is 2.66. The Hall–Kier alpha value is -1.96. The van der Waals surface area contributed by atoms with Crippen molar-refractivity contribution in [1.82, 2.24) is 0 Å². The van der Waals surface area contributed by atoms with E-state index in [1.165, 1.54) is 0 Å². The SMILES string of the molecule is CCOc1ccccc1-c1cccc(OC)c1. The van der Waals surface area contributed by atoms with Crippen molar-refractivity contribution in [2.75, 3.05) is 13.7 Å². The maximum Gasteiger partial charge on any atom is 0.127 e. The van der Waals surface area contributed by atoms with Crippen molar-refractivity contribution < 1.29 is 9.47 Å². The van der Waals surface area contributed by atoms with Gasteiger partial charge in [0.05, 0.1) is 13.7 Å². The van der Waals surface area contributed by atoms with Gasteiger partial charge in [-0.05, 0) is 30.7 Å². The third kappa shape index (κ3) is 2.59. The molecule has 2 heteroatoms. The Bertz CT molecular complexity index is 492. The quantitative estimate of drug-likeness (QED) is 0.793. The molecule has 0 heterocycles. The predicted molar refractivity (Wildman–Crippen MR) is 69.6 cm³/mol. The van der Waals surface area contributed by atoms with Crippen LogP contribution in [0.25, 0.3) is 11.1 Å². The van der Waals surface area contributed by atoms with E-state index >= 15 is 0 Å². The highest BCUT2D eigenvalue weighted by Crippen LogP contribution is 2.31. The van der Waals surface area contributed by atoms with Gasteiger partial charge in [0.2, 0.25) is 0 Å². The zero-order chi connectivity index (χ0) is 12.1. The highest BCUT2D eigenvalue weighted by atomic mass is 16.5. The molecule has 0 aliphatic heterocycles. The van der Waals surface area contributed by atoms with Crippen molar-refractivity contribution in [3.63, 3.8) is 0 Å². The molecule has 0 N–H and O–H groups in total. The monoisotopic (exact) mass is 228 g/mol. The molecule has 0 saturated heterocycles. The molecule has 0 aliphatic carbocycles. The topological polar surface area (TPSA) is 18.5 Å². The van der Waals surface area contributed by atoms with Crippen LogP contribution in [0, 0.1) is 0 Å². The second-order valence-electron chi connectivity index (χ2n) is 3.66. The third-order valence-corrected chi connectivity index (χ3v) is 2.57. The van der Waals surface area contributed by atoms with Crippen LogP contribution in [0.15, 0.2) is 48.5 Å². The lowest BCUT2D eigenvalue weighted by Crippen LogP contribution is -1.93. The van der Waals surface area contributed by atoms with E-state index in [0.717, 1.165) is 22.6 Å². The second-order valence-corrected chi connectivity index (χ2v) is 3.66. The molecule has 2 nitrogen and oxygen atoms in total. The molecule has 0 saturated carbocycles. The molecular formula is C15H16O2. The lowest BCUT2D eigenvalue weighted by Gasteiger charge is -2.10. The summed E-state index contributed by atoms with van der Waals surface area (Å²) < 4.78 is 10.9. The molecule has 0 bridgehead atoms. The van der Waals surface area contributed by atoms with E-state index in [1.54, 1.807) is 7.11 Å². The van der Waals surface area contributed by atoms with E-state index in [-0.39, 0.29) is 0 Å². The van der Waals surface area contributed by atoms with Crippen LogP contribution in [-0.4, -0.2) is 13.7 Å². The maximum absolute atomic E-state index is 5.62. The van der Waals surface area contributed by atoms with Crippen LogP contribution >= 0.6 is 0 Å². The summed E-state index contributed by atoms with van der Waals surface area (Å²) in [5.74, 6) is 1.76. The minimum atomic E-state index is 0.668. The third-order valence-electron chi connectivity index (χ3n) is 2.57. The van der Waals surface area contributed by atoms with E-state index in [9.17, 15) is 0 Å². The molecule has 0 fully saturated rings.